The third-order valence-electron chi connectivity index (χ3n) is 3.83. The number of carbonyl (C=O) groups is 1. The number of hydrogen-bond donors (Lipinski definition) is 1. The van der Waals surface area contributed by atoms with Crippen LogP contribution in [0.15, 0.2) is 18.7 Å². The first kappa shape index (κ1) is 16.0. The second-order valence-electron chi connectivity index (χ2n) is 5.49. The van der Waals surface area contributed by atoms with Crippen LogP contribution in [0.5, 0.6) is 0 Å². The monoisotopic (exact) mass is 294 g/mol. The second kappa shape index (κ2) is 8.79. The van der Waals surface area contributed by atoms with Crippen LogP contribution in [0.3, 0.4) is 0 Å². The summed E-state index contributed by atoms with van der Waals surface area (Å²) >= 11 is 0. The lowest BCUT2D eigenvalue weighted by atomic mass is 10.2. The number of carbonyl (C=O) groups excluding carboxylic acids is 1. The van der Waals surface area contributed by atoms with Crippen molar-refractivity contribution < 1.29 is 9.53 Å². The number of amides is 1. The molecule has 1 aromatic heterocycles. The second-order valence-corrected chi connectivity index (χ2v) is 5.49. The average Bonchev–Trinajstić information content (AvgIpc) is 3.00. The van der Waals surface area contributed by atoms with E-state index < -0.39 is 0 Å². The fraction of sp³-hybridized carbons (Fsp3) is 0.733. The Hall–Kier alpha value is -1.40. The zero-order valence-electron chi connectivity index (χ0n) is 12.8. The molecule has 0 radical (unpaired) electrons. The van der Waals surface area contributed by atoms with Crippen LogP contribution in [0, 0.1) is 0 Å². The van der Waals surface area contributed by atoms with Crippen LogP contribution in [0.25, 0.3) is 0 Å². The van der Waals surface area contributed by atoms with Crippen LogP contribution in [0.4, 0.5) is 0 Å². The van der Waals surface area contributed by atoms with Gasteiger partial charge in [-0.25, -0.2) is 4.98 Å². The molecule has 1 amide bonds. The van der Waals surface area contributed by atoms with E-state index in [2.05, 4.69) is 22.1 Å². The van der Waals surface area contributed by atoms with E-state index in [1.807, 2.05) is 10.8 Å². The molecule has 0 bridgehead atoms. The molecule has 118 valence electrons. The van der Waals surface area contributed by atoms with Crippen LogP contribution in [-0.2, 0) is 16.1 Å². The molecule has 1 atom stereocenters. The van der Waals surface area contributed by atoms with Gasteiger partial charge in [0.2, 0.25) is 5.91 Å². The Morgan fingerprint density at radius 1 is 1.43 bits per heavy atom. The fourth-order valence-electron chi connectivity index (χ4n) is 2.51. The summed E-state index contributed by atoms with van der Waals surface area (Å²) in [6, 6.07) is 0.176. The van der Waals surface area contributed by atoms with E-state index in [1.54, 1.807) is 12.5 Å². The number of morpholine rings is 1. The molecular formula is C15H26N4O2. The summed E-state index contributed by atoms with van der Waals surface area (Å²) in [7, 11) is 0. The van der Waals surface area contributed by atoms with Crippen molar-refractivity contribution in [1.29, 1.82) is 0 Å². The Morgan fingerprint density at radius 2 is 2.24 bits per heavy atom. The summed E-state index contributed by atoms with van der Waals surface area (Å²) in [5, 5.41) is 3.11. The molecular weight excluding hydrogens is 268 g/mol. The van der Waals surface area contributed by atoms with Crippen molar-refractivity contribution in [3.63, 3.8) is 0 Å². The van der Waals surface area contributed by atoms with E-state index in [4.69, 9.17) is 4.74 Å². The molecule has 0 spiro atoms. The first-order valence-electron chi connectivity index (χ1n) is 7.83. The average molecular weight is 294 g/mol. The zero-order valence-corrected chi connectivity index (χ0v) is 12.8. The highest BCUT2D eigenvalue weighted by atomic mass is 16.5. The Morgan fingerprint density at radius 3 is 2.90 bits per heavy atom. The molecule has 1 aromatic rings. The molecule has 1 unspecified atom stereocenters. The van der Waals surface area contributed by atoms with Crippen LogP contribution in [-0.4, -0.2) is 59.2 Å². The molecule has 2 heterocycles. The minimum atomic E-state index is 0.148. The smallest absolute Gasteiger partial charge is 0.220 e. The summed E-state index contributed by atoms with van der Waals surface area (Å²) < 4.78 is 7.32. The van der Waals surface area contributed by atoms with Gasteiger partial charge in [0.25, 0.3) is 0 Å². The van der Waals surface area contributed by atoms with Crippen molar-refractivity contribution in [3.05, 3.63) is 18.7 Å². The van der Waals surface area contributed by atoms with E-state index in [0.717, 1.165) is 52.2 Å². The summed E-state index contributed by atoms with van der Waals surface area (Å²) in [5.41, 5.74) is 0. The highest BCUT2D eigenvalue weighted by molar-refractivity contribution is 5.76. The molecule has 21 heavy (non-hydrogen) atoms. The third kappa shape index (κ3) is 5.85. The van der Waals surface area contributed by atoms with E-state index >= 15 is 0 Å². The Bertz CT molecular complexity index is 402. The van der Waals surface area contributed by atoms with Gasteiger partial charge < -0.3 is 14.6 Å². The molecule has 6 nitrogen and oxygen atoms in total. The largest absolute Gasteiger partial charge is 0.379 e. The van der Waals surface area contributed by atoms with Gasteiger partial charge in [-0.2, -0.15) is 0 Å². The molecule has 2 rings (SSSR count). The minimum Gasteiger partial charge on any atom is -0.379 e. The van der Waals surface area contributed by atoms with Crippen LogP contribution >= 0.6 is 0 Å². The van der Waals surface area contributed by atoms with Crippen molar-refractivity contribution in [2.45, 2.75) is 38.8 Å². The van der Waals surface area contributed by atoms with Gasteiger partial charge >= 0.3 is 0 Å². The van der Waals surface area contributed by atoms with Gasteiger partial charge in [-0.15, -0.1) is 0 Å². The van der Waals surface area contributed by atoms with Gasteiger partial charge in [0, 0.05) is 44.5 Å². The van der Waals surface area contributed by atoms with Gasteiger partial charge in [0.15, 0.2) is 0 Å². The number of hydrogen-bond acceptors (Lipinski definition) is 4. The molecule has 1 fully saturated rings. The number of rotatable bonds is 8. The summed E-state index contributed by atoms with van der Waals surface area (Å²) in [6.07, 6.45) is 7.90. The topological polar surface area (TPSA) is 59.4 Å². The van der Waals surface area contributed by atoms with E-state index in [1.165, 1.54) is 0 Å². The first-order valence-corrected chi connectivity index (χ1v) is 7.83. The van der Waals surface area contributed by atoms with Crippen molar-refractivity contribution in [2.24, 2.45) is 0 Å². The maximum absolute atomic E-state index is 12.0. The molecule has 1 saturated heterocycles. The first-order chi connectivity index (χ1) is 10.3. The van der Waals surface area contributed by atoms with Gasteiger partial charge in [0.05, 0.1) is 19.5 Å². The Labute approximate surface area is 126 Å². The standard InChI is InChI=1S/C15H26N4O2/c1-2-14(12-19-7-5-16-13-19)17-15(20)4-3-6-18-8-10-21-11-9-18/h5,7,13-14H,2-4,6,8-12H2,1H3,(H,17,20). The molecule has 0 aromatic carbocycles. The molecule has 0 saturated carbocycles. The van der Waals surface area contributed by atoms with Crippen molar-refractivity contribution in [1.82, 2.24) is 19.8 Å². The number of aromatic nitrogens is 2. The Kier molecular flexibility index (Phi) is 6.69. The normalized spacial score (nSPS) is 17.6. The molecule has 1 aliphatic heterocycles. The SMILES string of the molecule is CCC(Cn1ccnc1)NC(=O)CCCN1CCOCC1. The lowest BCUT2D eigenvalue weighted by Gasteiger charge is -2.26. The van der Waals surface area contributed by atoms with Gasteiger partial charge in [0.1, 0.15) is 0 Å². The Balaban J connectivity index is 1.62. The lowest BCUT2D eigenvalue weighted by molar-refractivity contribution is -0.122. The van der Waals surface area contributed by atoms with Gasteiger partial charge in [-0.05, 0) is 19.4 Å². The maximum Gasteiger partial charge on any atom is 0.220 e. The van der Waals surface area contributed by atoms with Crippen molar-refractivity contribution in [3.8, 4) is 0 Å². The quantitative estimate of drug-likeness (QED) is 0.773. The number of imidazole rings is 1. The third-order valence-corrected chi connectivity index (χ3v) is 3.83. The van der Waals surface area contributed by atoms with Gasteiger partial charge in [-0.3, -0.25) is 9.69 Å². The molecule has 1 N–H and O–H groups in total. The lowest BCUT2D eigenvalue weighted by Crippen LogP contribution is -2.39. The number of ether oxygens (including phenoxy) is 1. The minimum absolute atomic E-state index is 0.148. The predicted molar refractivity (Wildman–Crippen MR) is 80.9 cm³/mol. The molecule has 6 heteroatoms. The van der Waals surface area contributed by atoms with E-state index in [0.29, 0.717) is 6.42 Å². The van der Waals surface area contributed by atoms with Crippen LogP contribution < -0.4 is 5.32 Å². The highest BCUT2D eigenvalue weighted by Gasteiger charge is 2.13. The number of nitrogens with zero attached hydrogens (tertiary/aromatic N) is 3. The molecule has 1 aliphatic rings. The summed E-state index contributed by atoms with van der Waals surface area (Å²) in [5.74, 6) is 0.148. The van der Waals surface area contributed by atoms with Crippen LogP contribution in [0.1, 0.15) is 26.2 Å². The van der Waals surface area contributed by atoms with E-state index in [9.17, 15) is 4.79 Å². The van der Waals surface area contributed by atoms with E-state index in [-0.39, 0.29) is 11.9 Å². The summed E-state index contributed by atoms with van der Waals surface area (Å²) in [4.78, 5) is 18.4. The zero-order chi connectivity index (χ0) is 14.9. The fourth-order valence-corrected chi connectivity index (χ4v) is 2.51. The van der Waals surface area contributed by atoms with Crippen molar-refractivity contribution >= 4 is 5.91 Å². The van der Waals surface area contributed by atoms with Gasteiger partial charge in [-0.1, -0.05) is 6.92 Å². The predicted octanol–water partition coefficient (Wildman–Crippen LogP) is 0.890. The highest BCUT2D eigenvalue weighted by Crippen LogP contribution is 2.02. The van der Waals surface area contributed by atoms with Crippen molar-refractivity contribution in [2.75, 3.05) is 32.8 Å². The number of nitrogens with one attached hydrogen (secondary N) is 1. The molecule has 0 aliphatic carbocycles. The van der Waals surface area contributed by atoms with Crippen LogP contribution in [0.2, 0.25) is 0 Å². The summed E-state index contributed by atoms with van der Waals surface area (Å²) in [6.45, 7) is 7.46. The maximum atomic E-state index is 12.0.